The second-order valence-electron chi connectivity index (χ2n) is 5.50. The van der Waals surface area contributed by atoms with Crippen LogP contribution in [0.3, 0.4) is 0 Å². The molecule has 1 aromatic rings. The number of carbonyl (C=O) groups is 1. The maximum absolute atomic E-state index is 11.8. The van der Waals surface area contributed by atoms with Crippen LogP contribution in [0.1, 0.15) is 62.7 Å². The lowest BCUT2D eigenvalue weighted by Gasteiger charge is -2.11. The van der Waals surface area contributed by atoms with Crippen LogP contribution in [0.5, 0.6) is 5.75 Å². The monoisotopic (exact) mass is 338 g/mol. The van der Waals surface area contributed by atoms with Crippen molar-refractivity contribution >= 4 is 17.3 Å². The van der Waals surface area contributed by atoms with Gasteiger partial charge in [0, 0.05) is 0 Å². The van der Waals surface area contributed by atoms with Gasteiger partial charge in [0.05, 0.1) is 29.9 Å². The maximum Gasteiger partial charge on any atom is 0.345 e. The van der Waals surface area contributed by atoms with Gasteiger partial charge < -0.3 is 15.2 Å². The number of nitro benzene ring substituents is 1. The minimum Gasteiger partial charge on any atom is -0.491 e. The fraction of sp³-hybridized carbons (Fsp3) is 0.588. The van der Waals surface area contributed by atoms with Gasteiger partial charge in [-0.3, -0.25) is 10.1 Å². The standard InChI is InChI=1S/C17H26N2O5/c1-3-5-6-7-8-9-10-24-16-12-15(19(21)22)13(11-14(16)18)17(20)23-4-2/h11-12H,3-10,18H2,1-2H3. The summed E-state index contributed by atoms with van der Waals surface area (Å²) in [7, 11) is 0. The number of esters is 1. The van der Waals surface area contributed by atoms with E-state index in [0.717, 1.165) is 19.3 Å². The third-order valence-corrected chi connectivity index (χ3v) is 3.58. The van der Waals surface area contributed by atoms with Crippen molar-refractivity contribution < 1.29 is 19.2 Å². The SMILES string of the molecule is CCCCCCCCOc1cc([N+](=O)[O-])c(C(=O)OCC)cc1N. The number of rotatable bonds is 11. The molecule has 0 radical (unpaired) electrons. The molecule has 1 aromatic carbocycles. The lowest BCUT2D eigenvalue weighted by Crippen LogP contribution is -2.10. The molecule has 0 amide bonds. The van der Waals surface area contributed by atoms with Crippen LogP contribution >= 0.6 is 0 Å². The highest BCUT2D eigenvalue weighted by Gasteiger charge is 2.24. The number of nitrogen functional groups attached to an aromatic ring is 1. The summed E-state index contributed by atoms with van der Waals surface area (Å²) in [5, 5.41) is 11.2. The summed E-state index contributed by atoms with van der Waals surface area (Å²) in [6.07, 6.45) is 6.69. The van der Waals surface area contributed by atoms with Crippen LogP contribution < -0.4 is 10.5 Å². The molecular weight excluding hydrogens is 312 g/mol. The molecule has 0 aliphatic rings. The number of hydrogen-bond acceptors (Lipinski definition) is 6. The van der Waals surface area contributed by atoms with Gasteiger partial charge in [-0.1, -0.05) is 39.0 Å². The van der Waals surface area contributed by atoms with Gasteiger partial charge in [-0.05, 0) is 19.4 Å². The van der Waals surface area contributed by atoms with Crippen LogP contribution in [0.4, 0.5) is 11.4 Å². The Hall–Kier alpha value is -2.31. The fourth-order valence-corrected chi connectivity index (χ4v) is 2.30. The lowest BCUT2D eigenvalue weighted by molar-refractivity contribution is -0.385. The molecule has 0 unspecified atom stereocenters. The van der Waals surface area contributed by atoms with Crippen LogP contribution in [0, 0.1) is 10.1 Å². The molecular formula is C17H26N2O5. The summed E-state index contributed by atoms with van der Waals surface area (Å²) < 4.78 is 10.4. The van der Waals surface area contributed by atoms with Gasteiger partial charge in [-0.15, -0.1) is 0 Å². The van der Waals surface area contributed by atoms with Gasteiger partial charge >= 0.3 is 5.97 Å². The first-order valence-electron chi connectivity index (χ1n) is 8.39. The van der Waals surface area contributed by atoms with E-state index >= 15 is 0 Å². The minimum absolute atomic E-state index is 0.131. The van der Waals surface area contributed by atoms with Gasteiger partial charge in [-0.25, -0.2) is 4.79 Å². The van der Waals surface area contributed by atoms with E-state index in [1.165, 1.54) is 31.4 Å². The Bertz CT molecular complexity index is 560. The number of nitrogens with two attached hydrogens (primary N) is 1. The molecule has 24 heavy (non-hydrogen) atoms. The quantitative estimate of drug-likeness (QED) is 0.214. The minimum atomic E-state index is -0.765. The third-order valence-electron chi connectivity index (χ3n) is 3.58. The Morgan fingerprint density at radius 2 is 1.83 bits per heavy atom. The molecule has 0 atom stereocenters. The lowest BCUT2D eigenvalue weighted by atomic mass is 10.1. The third kappa shape index (κ3) is 6.06. The Morgan fingerprint density at radius 1 is 1.17 bits per heavy atom. The van der Waals surface area contributed by atoms with Crippen LogP contribution in [0.25, 0.3) is 0 Å². The van der Waals surface area contributed by atoms with Gasteiger partial charge in [0.2, 0.25) is 0 Å². The summed E-state index contributed by atoms with van der Waals surface area (Å²) in [6.45, 7) is 4.36. The van der Waals surface area contributed by atoms with Gasteiger partial charge in [-0.2, -0.15) is 0 Å². The van der Waals surface area contributed by atoms with Gasteiger partial charge in [0.1, 0.15) is 11.3 Å². The van der Waals surface area contributed by atoms with Crippen LogP contribution in [-0.4, -0.2) is 24.1 Å². The average Bonchev–Trinajstić information content (AvgIpc) is 2.54. The van der Waals surface area contributed by atoms with Crippen molar-refractivity contribution in [3.8, 4) is 5.75 Å². The number of nitro groups is 1. The van der Waals surface area contributed by atoms with Crippen molar-refractivity contribution in [2.24, 2.45) is 0 Å². The fourth-order valence-electron chi connectivity index (χ4n) is 2.30. The van der Waals surface area contributed by atoms with E-state index in [1.54, 1.807) is 6.92 Å². The number of hydrogen-bond donors (Lipinski definition) is 1. The first-order valence-corrected chi connectivity index (χ1v) is 8.39. The zero-order chi connectivity index (χ0) is 17.9. The molecule has 7 nitrogen and oxygen atoms in total. The van der Waals surface area contributed by atoms with Gasteiger partial charge in [0.25, 0.3) is 5.69 Å². The normalized spacial score (nSPS) is 10.4. The van der Waals surface area contributed by atoms with E-state index in [0.29, 0.717) is 6.61 Å². The van der Waals surface area contributed by atoms with Crippen molar-refractivity contribution in [2.45, 2.75) is 52.4 Å². The summed E-state index contributed by atoms with van der Waals surface area (Å²) in [5.74, 6) is -0.540. The Labute approximate surface area is 142 Å². The van der Waals surface area contributed by atoms with Crippen molar-refractivity contribution in [3.05, 3.63) is 27.8 Å². The molecule has 0 aliphatic heterocycles. The second-order valence-corrected chi connectivity index (χ2v) is 5.50. The topological polar surface area (TPSA) is 105 Å². The predicted molar refractivity (Wildman–Crippen MR) is 92.3 cm³/mol. The molecule has 134 valence electrons. The molecule has 1 rings (SSSR count). The zero-order valence-electron chi connectivity index (χ0n) is 14.4. The number of benzene rings is 1. The largest absolute Gasteiger partial charge is 0.491 e. The molecule has 0 fully saturated rings. The molecule has 0 saturated heterocycles. The maximum atomic E-state index is 11.8. The Morgan fingerprint density at radius 3 is 2.46 bits per heavy atom. The van der Waals surface area contributed by atoms with Gasteiger partial charge in [0.15, 0.2) is 0 Å². The summed E-state index contributed by atoms with van der Waals surface area (Å²) in [6, 6.07) is 2.44. The highest BCUT2D eigenvalue weighted by molar-refractivity contribution is 5.95. The Kier molecular flexibility index (Phi) is 8.60. The molecule has 0 bridgehead atoms. The number of unbranched alkanes of at least 4 members (excludes halogenated alkanes) is 5. The van der Waals surface area contributed by atoms with E-state index in [2.05, 4.69) is 6.92 Å². The van der Waals surface area contributed by atoms with E-state index < -0.39 is 10.9 Å². The van der Waals surface area contributed by atoms with Crippen LogP contribution in [0.15, 0.2) is 12.1 Å². The average molecular weight is 338 g/mol. The van der Waals surface area contributed by atoms with E-state index in [4.69, 9.17) is 15.2 Å². The summed E-state index contributed by atoms with van der Waals surface area (Å²) >= 11 is 0. The Balaban J connectivity index is 2.70. The first-order chi connectivity index (χ1) is 11.5. The first kappa shape index (κ1) is 19.7. The number of ether oxygens (including phenoxy) is 2. The van der Waals surface area contributed by atoms with E-state index in [9.17, 15) is 14.9 Å². The van der Waals surface area contributed by atoms with Crippen molar-refractivity contribution in [1.29, 1.82) is 0 Å². The zero-order valence-corrected chi connectivity index (χ0v) is 14.4. The second kappa shape index (κ2) is 10.5. The number of anilines is 1. The van der Waals surface area contributed by atoms with Crippen LogP contribution in [0.2, 0.25) is 0 Å². The van der Waals surface area contributed by atoms with Crippen molar-refractivity contribution in [3.63, 3.8) is 0 Å². The highest BCUT2D eigenvalue weighted by atomic mass is 16.6. The summed E-state index contributed by atoms with van der Waals surface area (Å²) in [4.78, 5) is 22.3. The number of nitrogens with zero attached hydrogens (tertiary/aromatic N) is 1. The van der Waals surface area contributed by atoms with Crippen LogP contribution in [-0.2, 0) is 4.74 Å². The molecule has 0 spiro atoms. The summed E-state index contributed by atoms with van der Waals surface area (Å²) in [5.41, 5.74) is 5.52. The van der Waals surface area contributed by atoms with Crippen molar-refractivity contribution in [1.82, 2.24) is 0 Å². The molecule has 0 heterocycles. The predicted octanol–water partition coefficient (Wildman–Crippen LogP) is 4.09. The molecule has 0 saturated carbocycles. The smallest absolute Gasteiger partial charge is 0.345 e. The van der Waals surface area contributed by atoms with E-state index in [1.807, 2.05) is 0 Å². The molecule has 0 aromatic heterocycles. The van der Waals surface area contributed by atoms with Crippen molar-refractivity contribution in [2.75, 3.05) is 18.9 Å². The molecule has 0 aliphatic carbocycles. The van der Waals surface area contributed by atoms with E-state index in [-0.39, 0.29) is 29.3 Å². The molecule has 7 heteroatoms. The number of carbonyl (C=O) groups excluding carboxylic acids is 1. The highest BCUT2D eigenvalue weighted by Crippen LogP contribution is 2.31. The molecule has 2 N–H and O–H groups in total.